The zero-order chi connectivity index (χ0) is 9.97. The van der Waals surface area contributed by atoms with Crippen LogP contribution >= 0.6 is 0 Å². The van der Waals surface area contributed by atoms with Crippen molar-refractivity contribution >= 4 is 0 Å². The van der Waals surface area contributed by atoms with Crippen molar-refractivity contribution in [1.29, 1.82) is 0 Å². The van der Waals surface area contributed by atoms with Crippen molar-refractivity contribution in [2.45, 2.75) is 38.8 Å². The van der Waals surface area contributed by atoms with Gasteiger partial charge in [0.2, 0.25) is 0 Å². The van der Waals surface area contributed by atoms with E-state index in [9.17, 15) is 0 Å². The van der Waals surface area contributed by atoms with Gasteiger partial charge in [0.05, 0.1) is 12.2 Å². The van der Waals surface area contributed by atoms with Crippen LogP contribution in [-0.4, -0.2) is 12.4 Å². The van der Waals surface area contributed by atoms with E-state index >= 15 is 0 Å². The van der Waals surface area contributed by atoms with Crippen LogP contribution in [0.1, 0.15) is 31.9 Å². The van der Waals surface area contributed by atoms with Crippen molar-refractivity contribution in [3.05, 3.63) is 35.9 Å². The zero-order valence-electron chi connectivity index (χ0n) is 8.64. The highest BCUT2D eigenvalue weighted by atomic mass is 16.7. The summed E-state index contributed by atoms with van der Waals surface area (Å²) in [5.41, 5.74) is 1.24. The lowest BCUT2D eigenvalue weighted by Gasteiger charge is -2.32. The van der Waals surface area contributed by atoms with Gasteiger partial charge < -0.3 is 9.47 Å². The molecular formula is C12H16O2. The Morgan fingerprint density at radius 2 is 1.79 bits per heavy atom. The number of hydrogen-bond acceptors (Lipinski definition) is 2. The molecule has 76 valence electrons. The summed E-state index contributed by atoms with van der Waals surface area (Å²) in [6.45, 7) is 4.04. The van der Waals surface area contributed by atoms with Crippen molar-refractivity contribution in [2.75, 3.05) is 0 Å². The predicted octanol–water partition coefficient (Wildman–Crippen LogP) is 2.90. The number of rotatable bonds is 1. The molecular weight excluding hydrogens is 176 g/mol. The van der Waals surface area contributed by atoms with E-state index in [2.05, 4.69) is 19.1 Å². The van der Waals surface area contributed by atoms with Gasteiger partial charge in [-0.15, -0.1) is 0 Å². The molecule has 2 rings (SSSR count). The molecule has 1 saturated heterocycles. The average Bonchev–Trinajstić information content (AvgIpc) is 2.18. The largest absolute Gasteiger partial charge is 0.350 e. The third-order valence-electron chi connectivity index (χ3n) is 2.50. The Kier molecular flexibility index (Phi) is 2.85. The molecule has 0 saturated carbocycles. The van der Waals surface area contributed by atoms with Crippen molar-refractivity contribution in [1.82, 2.24) is 0 Å². The Bertz CT molecular complexity index is 274. The van der Waals surface area contributed by atoms with Gasteiger partial charge in [0.15, 0.2) is 6.29 Å². The summed E-state index contributed by atoms with van der Waals surface area (Å²) in [6.07, 6.45) is 1.32. The third kappa shape index (κ3) is 2.14. The molecule has 0 radical (unpaired) electrons. The lowest BCUT2D eigenvalue weighted by molar-refractivity contribution is -0.231. The predicted molar refractivity (Wildman–Crippen MR) is 54.9 cm³/mol. The Balaban J connectivity index is 2.11. The van der Waals surface area contributed by atoms with E-state index in [-0.39, 0.29) is 18.5 Å². The van der Waals surface area contributed by atoms with Crippen LogP contribution in [0, 0.1) is 0 Å². The first-order valence-electron chi connectivity index (χ1n) is 5.11. The molecule has 1 aliphatic heterocycles. The first-order valence-corrected chi connectivity index (χ1v) is 5.11. The molecule has 0 aliphatic carbocycles. The highest BCUT2D eigenvalue weighted by Gasteiger charge is 2.25. The minimum Gasteiger partial charge on any atom is -0.350 e. The van der Waals surface area contributed by atoms with Crippen molar-refractivity contribution < 1.29 is 9.47 Å². The lowest BCUT2D eigenvalue weighted by Crippen LogP contribution is -2.30. The minimum absolute atomic E-state index is 0.0936. The van der Waals surface area contributed by atoms with Gasteiger partial charge in [-0.1, -0.05) is 30.3 Å². The Morgan fingerprint density at radius 1 is 1.07 bits per heavy atom. The molecule has 0 aromatic heterocycles. The van der Waals surface area contributed by atoms with Gasteiger partial charge in [0.25, 0.3) is 0 Å². The monoisotopic (exact) mass is 192 g/mol. The van der Waals surface area contributed by atoms with E-state index in [0.29, 0.717) is 0 Å². The first kappa shape index (κ1) is 9.69. The molecule has 0 unspecified atom stereocenters. The molecule has 0 amide bonds. The van der Waals surface area contributed by atoms with Crippen LogP contribution in [-0.2, 0) is 9.47 Å². The van der Waals surface area contributed by atoms with Crippen LogP contribution in [0.15, 0.2) is 30.3 Å². The summed E-state index contributed by atoms with van der Waals surface area (Å²) in [7, 11) is 0. The summed E-state index contributed by atoms with van der Waals surface area (Å²) in [5, 5.41) is 0. The highest BCUT2D eigenvalue weighted by molar-refractivity contribution is 5.17. The number of benzene rings is 1. The molecule has 1 heterocycles. The van der Waals surface area contributed by atoms with Gasteiger partial charge in [-0.3, -0.25) is 0 Å². The maximum absolute atomic E-state index is 5.72. The Hall–Kier alpha value is -0.860. The Labute approximate surface area is 84.8 Å². The maximum Gasteiger partial charge on any atom is 0.155 e. The van der Waals surface area contributed by atoms with Crippen LogP contribution in [0.3, 0.4) is 0 Å². The van der Waals surface area contributed by atoms with Crippen molar-refractivity contribution in [3.8, 4) is 0 Å². The average molecular weight is 192 g/mol. The number of ether oxygens (including phenoxy) is 2. The number of hydrogen-bond donors (Lipinski definition) is 0. The first-order chi connectivity index (χ1) is 6.75. The van der Waals surface area contributed by atoms with Crippen LogP contribution in [0.4, 0.5) is 0 Å². The summed E-state index contributed by atoms with van der Waals surface area (Å²) in [5.74, 6) is 0. The smallest absolute Gasteiger partial charge is 0.155 e. The molecule has 2 heteroatoms. The van der Waals surface area contributed by atoms with Crippen LogP contribution < -0.4 is 0 Å². The van der Waals surface area contributed by atoms with Gasteiger partial charge in [0, 0.05) is 6.42 Å². The summed E-state index contributed by atoms with van der Waals surface area (Å²) < 4.78 is 11.2. The fourth-order valence-corrected chi connectivity index (χ4v) is 1.89. The second-order valence-electron chi connectivity index (χ2n) is 3.79. The molecule has 1 aromatic rings. The molecule has 0 spiro atoms. The van der Waals surface area contributed by atoms with E-state index in [4.69, 9.17) is 9.47 Å². The van der Waals surface area contributed by atoms with Gasteiger partial charge in [-0.05, 0) is 19.4 Å². The standard InChI is InChI=1S/C12H16O2/c1-9-8-12(14-10(2)13-9)11-6-4-3-5-7-11/h3-7,9-10,12H,8H2,1-2H3/t9-,10-,12-/m0/s1. The molecule has 1 fully saturated rings. The van der Waals surface area contributed by atoms with Gasteiger partial charge in [-0.25, -0.2) is 0 Å². The fourth-order valence-electron chi connectivity index (χ4n) is 1.89. The molecule has 2 nitrogen and oxygen atoms in total. The van der Waals surface area contributed by atoms with E-state index in [0.717, 1.165) is 6.42 Å². The van der Waals surface area contributed by atoms with Crippen LogP contribution in [0.2, 0.25) is 0 Å². The highest BCUT2D eigenvalue weighted by Crippen LogP contribution is 2.30. The van der Waals surface area contributed by atoms with Crippen molar-refractivity contribution in [3.63, 3.8) is 0 Å². The third-order valence-corrected chi connectivity index (χ3v) is 2.50. The van der Waals surface area contributed by atoms with Crippen LogP contribution in [0.25, 0.3) is 0 Å². The molecule has 1 aliphatic rings. The minimum atomic E-state index is -0.0936. The summed E-state index contributed by atoms with van der Waals surface area (Å²) in [6, 6.07) is 10.3. The quantitative estimate of drug-likeness (QED) is 0.681. The second-order valence-corrected chi connectivity index (χ2v) is 3.79. The zero-order valence-corrected chi connectivity index (χ0v) is 8.64. The molecule has 0 N–H and O–H groups in total. The van der Waals surface area contributed by atoms with E-state index in [1.54, 1.807) is 0 Å². The van der Waals surface area contributed by atoms with Gasteiger partial charge >= 0.3 is 0 Å². The maximum atomic E-state index is 5.72. The molecule has 1 aromatic carbocycles. The van der Waals surface area contributed by atoms with E-state index in [1.807, 2.05) is 25.1 Å². The SMILES string of the molecule is C[C@@H]1O[C@H](c2ccccc2)C[C@H](C)O1. The fraction of sp³-hybridized carbons (Fsp3) is 0.500. The molecule has 3 atom stereocenters. The topological polar surface area (TPSA) is 18.5 Å². The van der Waals surface area contributed by atoms with Crippen LogP contribution in [0.5, 0.6) is 0 Å². The summed E-state index contributed by atoms with van der Waals surface area (Å²) >= 11 is 0. The van der Waals surface area contributed by atoms with Crippen molar-refractivity contribution in [2.24, 2.45) is 0 Å². The van der Waals surface area contributed by atoms with E-state index < -0.39 is 0 Å². The summed E-state index contributed by atoms with van der Waals surface area (Å²) in [4.78, 5) is 0. The molecule has 14 heavy (non-hydrogen) atoms. The Morgan fingerprint density at radius 3 is 2.43 bits per heavy atom. The van der Waals surface area contributed by atoms with E-state index in [1.165, 1.54) is 5.56 Å². The van der Waals surface area contributed by atoms with Gasteiger partial charge in [-0.2, -0.15) is 0 Å². The van der Waals surface area contributed by atoms with Gasteiger partial charge in [0.1, 0.15) is 0 Å². The normalized spacial score (nSPS) is 32.9. The molecule has 0 bridgehead atoms. The second kappa shape index (κ2) is 4.11. The lowest BCUT2D eigenvalue weighted by atomic mass is 10.0.